The molecule has 0 aliphatic carbocycles. The summed E-state index contributed by atoms with van der Waals surface area (Å²) in [6.07, 6.45) is -6.92. The average Bonchev–Trinajstić information content (AvgIpc) is 2.59. The monoisotopic (exact) mass is 366 g/mol. The minimum Gasteiger partial charge on any atom is -0.461 e. The number of ether oxygens (including phenoxy) is 2. The fourth-order valence-electron chi connectivity index (χ4n) is 3.07. The van der Waals surface area contributed by atoms with Gasteiger partial charge >= 0.3 is 5.63 Å². The average molecular weight is 366 g/mol. The first-order valence-electron chi connectivity index (χ1n) is 8.26. The molecule has 3 rings (SSSR count). The van der Waals surface area contributed by atoms with E-state index < -0.39 is 42.9 Å². The van der Waals surface area contributed by atoms with Gasteiger partial charge in [0.2, 0.25) is 6.29 Å². The molecule has 0 unspecified atom stereocenters. The first-order chi connectivity index (χ1) is 12.2. The summed E-state index contributed by atoms with van der Waals surface area (Å²) in [7, 11) is 0. The predicted octanol–water partition coefficient (Wildman–Crippen LogP) is -0.103. The molecule has 1 aliphatic rings. The zero-order valence-corrected chi connectivity index (χ0v) is 14.7. The van der Waals surface area contributed by atoms with Crippen molar-refractivity contribution in [3.8, 4) is 5.75 Å². The van der Waals surface area contributed by atoms with Crippen LogP contribution in [0, 0.1) is 20.8 Å². The van der Waals surface area contributed by atoms with Crippen LogP contribution in [0.15, 0.2) is 21.3 Å². The van der Waals surface area contributed by atoms with Crippen LogP contribution in [-0.2, 0) is 4.74 Å². The topological polar surface area (TPSA) is 130 Å². The maximum Gasteiger partial charge on any atom is 0.339 e. The lowest BCUT2D eigenvalue weighted by atomic mass is 9.99. The molecule has 0 radical (unpaired) electrons. The molecule has 0 bridgehead atoms. The van der Waals surface area contributed by atoms with Crippen molar-refractivity contribution in [1.29, 1.82) is 0 Å². The number of hydrogen-bond acceptors (Lipinski definition) is 8. The van der Waals surface area contributed by atoms with Crippen molar-refractivity contribution in [2.75, 3.05) is 6.61 Å². The van der Waals surface area contributed by atoms with Crippen molar-refractivity contribution in [1.82, 2.24) is 0 Å². The Kier molecular flexibility index (Phi) is 5.05. The molecule has 0 spiro atoms. The van der Waals surface area contributed by atoms with Crippen molar-refractivity contribution < 1.29 is 34.3 Å². The van der Waals surface area contributed by atoms with Crippen LogP contribution >= 0.6 is 0 Å². The largest absolute Gasteiger partial charge is 0.461 e. The molecule has 1 aromatic carbocycles. The first kappa shape index (κ1) is 18.8. The van der Waals surface area contributed by atoms with Crippen LogP contribution in [-0.4, -0.2) is 57.7 Å². The lowest BCUT2D eigenvalue weighted by Crippen LogP contribution is -2.60. The number of rotatable bonds is 3. The van der Waals surface area contributed by atoms with E-state index in [0.29, 0.717) is 27.8 Å². The molecule has 1 aromatic heterocycles. The molecule has 1 fully saturated rings. The standard InChI is InChI=1S/C18H22O8/c1-7-4-10-13(8(2)9(3)17(23)24-10)11(5-7)25-18-16(22)15(21)14(20)12(6-19)26-18/h4-5,12,14-16,18-22H,6H2,1-3H3/t12-,14-,15+,16-,18+/m1/s1. The van der Waals surface area contributed by atoms with Crippen LogP contribution in [0.25, 0.3) is 11.0 Å². The predicted molar refractivity (Wildman–Crippen MR) is 91.1 cm³/mol. The van der Waals surface area contributed by atoms with Gasteiger partial charge in [0.1, 0.15) is 35.7 Å². The molecule has 26 heavy (non-hydrogen) atoms. The SMILES string of the molecule is Cc1cc(O[C@H]2O[C@H](CO)[C@@H](O)[C@H](O)[C@H]2O)c2c(C)c(C)c(=O)oc2c1. The van der Waals surface area contributed by atoms with Gasteiger partial charge in [-0.15, -0.1) is 0 Å². The van der Waals surface area contributed by atoms with Crippen molar-refractivity contribution >= 4 is 11.0 Å². The molecule has 4 N–H and O–H groups in total. The summed E-state index contributed by atoms with van der Waals surface area (Å²) in [5, 5.41) is 39.8. The highest BCUT2D eigenvalue weighted by atomic mass is 16.7. The molecule has 142 valence electrons. The quantitative estimate of drug-likeness (QED) is 0.554. The lowest BCUT2D eigenvalue weighted by molar-refractivity contribution is -0.277. The lowest BCUT2D eigenvalue weighted by Gasteiger charge is -2.39. The van der Waals surface area contributed by atoms with Crippen LogP contribution in [0.3, 0.4) is 0 Å². The number of aryl methyl sites for hydroxylation is 2. The molecular weight excluding hydrogens is 344 g/mol. The Bertz CT molecular complexity index is 872. The first-order valence-corrected chi connectivity index (χ1v) is 8.26. The minimum atomic E-state index is -1.54. The van der Waals surface area contributed by atoms with Gasteiger partial charge in [-0.1, -0.05) is 0 Å². The summed E-state index contributed by atoms with van der Waals surface area (Å²) in [5.74, 6) is 0.300. The number of fused-ring (bicyclic) bond motifs is 1. The van der Waals surface area contributed by atoms with Gasteiger partial charge in [-0.05, 0) is 44.0 Å². The van der Waals surface area contributed by atoms with E-state index in [2.05, 4.69) is 0 Å². The van der Waals surface area contributed by atoms with E-state index >= 15 is 0 Å². The van der Waals surface area contributed by atoms with Crippen molar-refractivity contribution in [2.45, 2.75) is 51.5 Å². The molecule has 5 atom stereocenters. The maximum atomic E-state index is 11.9. The van der Waals surface area contributed by atoms with Gasteiger partial charge in [-0.2, -0.15) is 0 Å². The Morgan fingerprint density at radius 3 is 2.38 bits per heavy atom. The Morgan fingerprint density at radius 2 is 1.73 bits per heavy atom. The summed E-state index contributed by atoms with van der Waals surface area (Å²) < 4.78 is 16.5. The number of hydrogen-bond donors (Lipinski definition) is 4. The van der Waals surface area contributed by atoms with Gasteiger partial charge in [-0.25, -0.2) is 4.79 Å². The molecule has 8 heteroatoms. The fraction of sp³-hybridized carbons (Fsp3) is 0.500. The molecule has 1 aliphatic heterocycles. The van der Waals surface area contributed by atoms with E-state index in [1.165, 1.54) is 0 Å². The number of aliphatic hydroxyl groups excluding tert-OH is 4. The van der Waals surface area contributed by atoms with Crippen LogP contribution < -0.4 is 10.4 Å². The molecule has 0 amide bonds. The molecule has 2 heterocycles. The van der Waals surface area contributed by atoms with E-state index in [1.807, 2.05) is 0 Å². The van der Waals surface area contributed by atoms with E-state index in [0.717, 1.165) is 5.56 Å². The van der Waals surface area contributed by atoms with E-state index in [4.69, 9.17) is 13.9 Å². The summed E-state index contributed by atoms with van der Waals surface area (Å²) >= 11 is 0. The van der Waals surface area contributed by atoms with Crippen LogP contribution in [0.4, 0.5) is 0 Å². The van der Waals surface area contributed by atoms with Gasteiger partial charge in [-0.3, -0.25) is 0 Å². The van der Waals surface area contributed by atoms with Gasteiger partial charge in [0.05, 0.1) is 12.0 Å². The Morgan fingerprint density at radius 1 is 1.04 bits per heavy atom. The van der Waals surface area contributed by atoms with Crippen LogP contribution in [0.5, 0.6) is 5.75 Å². The Labute approximate surface area is 149 Å². The molecular formula is C18H22O8. The second-order valence-corrected chi connectivity index (χ2v) is 6.59. The van der Waals surface area contributed by atoms with Gasteiger partial charge in [0.25, 0.3) is 0 Å². The summed E-state index contributed by atoms with van der Waals surface area (Å²) in [5.41, 5.74) is 1.73. The normalized spacial score (nSPS) is 29.1. The minimum absolute atomic E-state index is 0.300. The third kappa shape index (κ3) is 3.10. The summed E-state index contributed by atoms with van der Waals surface area (Å²) in [6.45, 7) is 4.63. The number of benzene rings is 1. The highest BCUT2D eigenvalue weighted by Crippen LogP contribution is 2.33. The van der Waals surface area contributed by atoms with Crippen LogP contribution in [0.1, 0.15) is 16.7 Å². The van der Waals surface area contributed by atoms with E-state index in [-0.39, 0.29) is 0 Å². The molecule has 1 saturated heterocycles. The second kappa shape index (κ2) is 6.98. The van der Waals surface area contributed by atoms with Crippen molar-refractivity contribution in [3.05, 3.63) is 39.2 Å². The van der Waals surface area contributed by atoms with E-state index in [9.17, 15) is 25.2 Å². The number of aliphatic hydroxyl groups is 4. The Balaban J connectivity index is 2.06. The van der Waals surface area contributed by atoms with Gasteiger partial charge < -0.3 is 34.3 Å². The molecule has 0 saturated carbocycles. The van der Waals surface area contributed by atoms with Crippen LogP contribution in [0.2, 0.25) is 0 Å². The summed E-state index contributed by atoms with van der Waals surface area (Å²) in [6, 6.07) is 3.39. The van der Waals surface area contributed by atoms with Gasteiger partial charge in [0, 0.05) is 5.56 Å². The molecule has 8 nitrogen and oxygen atoms in total. The Hall–Kier alpha value is -1.97. The molecule has 2 aromatic rings. The van der Waals surface area contributed by atoms with Crippen molar-refractivity contribution in [3.63, 3.8) is 0 Å². The van der Waals surface area contributed by atoms with E-state index in [1.54, 1.807) is 32.9 Å². The summed E-state index contributed by atoms with van der Waals surface area (Å²) in [4.78, 5) is 11.9. The fourth-order valence-corrected chi connectivity index (χ4v) is 3.07. The highest BCUT2D eigenvalue weighted by Gasteiger charge is 2.44. The zero-order chi connectivity index (χ0) is 19.2. The third-order valence-electron chi connectivity index (χ3n) is 4.75. The zero-order valence-electron chi connectivity index (χ0n) is 14.7. The van der Waals surface area contributed by atoms with Crippen molar-refractivity contribution in [2.24, 2.45) is 0 Å². The highest BCUT2D eigenvalue weighted by molar-refractivity contribution is 5.88. The third-order valence-corrected chi connectivity index (χ3v) is 4.75. The second-order valence-electron chi connectivity index (χ2n) is 6.59. The maximum absolute atomic E-state index is 11.9. The van der Waals surface area contributed by atoms with Gasteiger partial charge in [0.15, 0.2) is 0 Å². The smallest absolute Gasteiger partial charge is 0.339 e.